The van der Waals surface area contributed by atoms with Crippen molar-refractivity contribution in [2.45, 2.75) is 25.7 Å². The lowest BCUT2D eigenvalue weighted by Gasteiger charge is -2.37. The highest BCUT2D eigenvalue weighted by Crippen LogP contribution is 2.27. The number of likely N-dealkylation sites (tertiary alicyclic amines) is 1. The monoisotopic (exact) mass is 263 g/mol. The highest BCUT2D eigenvalue weighted by atomic mass is 19.3. The summed E-state index contributed by atoms with van der Waals surface area (Å²) in [6.07, 6.45) is 0.722. The number of piperidine rings is 1. The van der Waals surface area contributed by atoms with Crippen molar-refractivity contribution in [3.8, 4) is 0 Å². The van der Waals surface area contributed by atoms with Crippen LogP contribution in [0.2, 0.25) is 0 Å². The molecule has 106 valence electrons. The Balaban J connectivity index is 0.000000280. The maximum absolute atomic E-state index is 13.0. The Morgan fingerprint density at radius 2 is 2.11 bits per heavy atom. The van der Waals surface area contributed by atoms with Crippen LogP contribution < -0.4 is 10.6 Å². The molecule has 0 aliphatic carbocycles. The van der Waals surface area contributed by atoms with Crippen LogP contribution >= 0.6 is 0 Å². The van der Waals surface area contributed by atoms with Gasteiger partial charge in [-0.25, -0.2) is 8.78 Å². The molecule has 0 aromatic rings. The fourth-order valence-electron chi connectivity index (χ4n) is 2.05. The fraction of sp³-hybridized carbons (Fsp3) is 0.917. The minimum absolute atomic E-state index is 0.00463. The van der Waals surface area contributed by atoms with E-state index in [9.17, 15) is 13.6 Å². The lowest BCUT2D eigenvalue weighted by atomic mass is 10.0. The maximum Gasteiger partial charge on any atom is 0.260 e. The van der Waals surface area contributed by atoms with Gasteiger partial charge in [-0.2, -0.15) is 0 Å². The van der Waals surface area contributed by atoms with Gasteiger partial charge in [0.25, 0.3) is 5.92 Å². The number of nitrogens with zero attached hydrogens (tertiary/aromatic N) is 1. The van der Waals surface area contributed by atoms with Gasteiger partial charge in [-0.3, -0.25) is 9.69 Å². The van der Waals surface area contributed by atoms with E-state index in [-0.39, 0.29) is 18.9 Å². The maximum atomic E-state index is 13.0. The van der Waals surface area contributed by atoms with E-state index in [2.05, 4.69) is 10.6 Å². The Kier molecular flexibility index (Phi) is 5.95. The first-order valence-corrected chi connectivity index (χ1v) is 6.42. The summed E-state index contributed by atoms with van der Waals surface area (Å²) >= 11 is 0. The van der Waals surface area contributed by atoms with Crippen molar-refractivity contribution in [1.29, 1.82) is 0 Å². The summed E-state index contributed by atoms with van der Waals surface area (Å²) in [5.74, 6) is -1.83. The molecule has 18 heavy (non-hydrogen) atoms. The minimum atomic E-state index is -2.44. The molecule has 2 aliphatic rings. The summed E-state index contributed by atoms with van der Waals surface area (Å²) in [4.78, 5) is 11.6. The molecule has 0 bridgehead atoms. The molecule has 6 heteroatoms. The molecule has 0 atom stereocenters. The highest BCUT2D eigenvalue weighted by Gasteiger charge is 2.36. The molecule has 2 heterocycles. The lowest BCUT2D eigenvalue weighted by Crippen LogP contribution is -2.52. The van der Waals surface area contributed by atoms with Gasteiger partial charge in [0, 0.05) is 40.0 Å². The summed E-state index contributed by atoms with van der Waals surface area (Å²) in [5, 5.41) is 5.55. The van der Waals surface area contributed by atoms with Crippen LogP contribution in [0.1, 0.15) is 19.8 Å². The van der Waals surface area contributed by atoms with E-state index in [4.69, 9.17) is 0 Å². The quantitative estimate of drug-likeness (QED) is 0.770. The number of halogens is 2. The summed E-state index contributed by atoms with van der Waals surface area (Å²) in [6, 6.07) is 0. The molecule has 4 nitrogen and oxygen atoms in total. The first kappa shape index (κ1) is 15.3. The van der Waals surface area contributed by atoms with Gasteiger partial charge in [-0.05, 0) is 18.9 Å². The molecule has 2 aliphatic heterocycles. The second-order valence-corrected chi connectivity index (χ2v) is 5.03. The lowest BCUT2D eigenvalue weighted by molar-refractivity contribution is -0.118. The second-order valence-electron chi connectivity index (χ2n) is 5.03. The van der Waals surface area contributed by atoms with Crippen LogP contribution in [-0.2, 0) is 4.79 Å². The Morgan fingerprint density at radius 3 is 2.50 bits per heavy atom. The van der Waals surface area contributed by atoms with E-state index in [0.29, 0.717) is 12.3 Å². The number of carbonyl (C=O) groups is 1. The zero-order valence-electron chi connectivity index (χ0n) is 11.1. The highest BCUT2D eigenvalue weighted by molar-refractivity contribution is 5.72. The predicted molar refractivity (Wildman–Crippen MR) is 66.7 cm³/mol. The van der Waals surface area contributed by atoms with Gasteiger partial charge in [0.05, 0.1) is 6.54 Å². The summed E-state index contributed by atoms with van der Waals surface area (Å²) in [6.45, 7) is 5.16. The molecule has 2 fully saturated rings. The van der Waals surface area contributed by atoms with Gasteiger partial charge in [-0.1, -0.05) is 0 Å². The second kappa shape index (κ2) is 6.99. The van der Waals surface area contributed by atoms with Crippen molar-refractivity contribution < 1.29 is 13.6 Å². The Hall–Kier alpha value is -0.750. The van der Waals surface area contributed by atoms with Crippen LogP contribution in [-0.4, -0.2) is 56.5 Å². The van der Waals surface area contributed by atoms with Crippen LogP contribution in [0.25, 0.3) is 0 Å². The molecule has 0 unspecified atom stereocenters. The Bertz CT molecular complexity index is 270. The number of alkyl halides is 2. The van der Waals surface area contributed by atoms with Crippen LogP contribution in [0.15, 0.2) is 0 Å². The minimum Gasteiger partial charge on any atom is -0.359 e. The number of rotatable bonds is 2. The van der Waals surface area contributed by atoms with E-state index in [1.807, 2.05) is 4.90 Å². The third kappa shape index (κ3) is 5.73. The van der Waals surface area contributed by atoms with E-state index in [0.717, 1.165) is 26.2 Å². The van der Waals surface area contributed by atoms with E-state index >= 15 is 0 Å². The molecule has 0 spiro atoms. The van der Waals surface area contributed by atoms with E-state index in [1.165, 1.54) is 6.92 Å². The van der Waals surface area contributed by atoms with Crippen LogP contribution in [0.4, 0.5) is 8.78 Å². The SMILES string of the molecule is CNC(C)=O.FC1(F)CCCN(CC2CNC2)C1. The van der Waals surface area contributed by atoms with Gasteiger partial charge >= 0.3 is 0 Å². The van der Waals surface area contributed by atoms with Crippen molar-refractivity contribution >= 4 is 5.91 Å². The first-order valence-electron chi connectivity index (χ1n) is 6.42. The summed E-state index contributed by atoms with van der Waals surface area (Å²) in [5.41, 5.74) is 0. The van der Waals surface area contributed by atoms with Crippen molar-refractivity contribution in [2.24, 2.45) is 5.92 Å². The van der Waals surface area contributed by atoms with Gasteiger partial charge in [0.2, 0.25) is 5.91 Å². The van der Waals surface area contributed by atoms with Gasteiger partial charge < -0.3 is 10.6 Å². The first-order chi connectivity index (χ1) is 8.43. The average molecular weight is 263 g/mol. The van der Waals surface area contributed by atoms with Crippen LogP contribution in [0, 0.1) is 5.92 Å². The molecule has 0 saturated carbocycles. The average Bonchev–Trinajstić information content (AvgIpc) is 2.23. The molecule has 2 N–H and O–H groups in total. The van der Waals surface area contributed by atoms with Gasteiger partial charge in [0.15, 0.2) is 0 Å². The smallest absolute Gasteiger partial charge is 0.260 e. The largest absolute Gasteiger partial charge is 0.359 e. The zero-order chi connectivity index (χ0) is 13.6. The zero-order valence-corrected chi connectivity index (χ0v) is 11.1. The molecule has 1 amide bonds. The van der Waals surface area contributed by atoms with Gasteiger partial charge in [0.1, 0.15) is 0 Å². The van der Waals surface area contributed by atoms with Crippen molar-refractivity contribution in [2.75, 3.05) is 39.8 Å². The number of hydrogen-bond acceptors (Lipinski definition) is 3. The molecule has 0 radical (unpaired) electrons. The molecule has 2 saturated heterocycles. The summed E-state index contributed by atoms with van der Waals surface area (Å²) < 4.78 is 25.9. The number of carbonyl (C=O) groups excluding carboxylic acids is 1. The topological polar surface area (TPSA) is 44.4 Å². The normalized spacial score (nSPS) is 23.6. The molecule has 2 rings (SSSR count). The number of nitrogens with one attached hydrogen (secondary N) is 2. The summed E-state index contributed by atoms with van der Waals surface area (Å²) in [7, 11) is 1.60. The third-order valence-electron chi connectivity index (χ3n) is 3.21. The van der Waals surface area contributed by atoms with Crippen molar-refractivity contribution in [3.05, 3.63) is 0 Å². The van der Waals surface area contributed by atoms with Gasteiger partial charge in [-0.15, -0.1) is 0 Å². The molecular formula is C12H23F2N3O. The predicted octanol–water partition coefficient (Wildman–Crippen LogP) is 0.689. The Morgan fingerprint density at radius 1 is 1.50 bits per heavy atom. The van der Waals surface area contributed by atoms with Crippen molar-refractivity contribution in [1.82, 2.24) is 15.5 Å². The molecule has 0 aromatic carbocycles. The van der Waals surface area contributed by atoms with E-state index in [1.54, 1.807) is 7.05 Å². The Labute approximate surface area is 107 Å². The number of amides is 1. The standard InChI is InChI=1S/C9H16F2N2.C3H7NO/c10-9(11)2-1-3-13(7-9)6-8-4-12-5-8;1-3(5)4-2/h8,12H,1-7H2;1-2H3,(H,4,5). The van der Waals surface area contributed by atoms with Crippen LogP contribution in [0.5, 0.6) is 0 Å². The van der Waals surface area contributed by atoms with E-state index < -0.39 is 5.92 Å². The molecular weight excluding hydrogens is 240 g/mol. The third-order valence-corrected chi connectivity index (χ3v) is 3.21. The fourth-order valence-corrected chi connectivity index (χ4v) is 2.05. The van der Waals surface area contributed by atoms with Crippen LogP contribution in [0.3, 0.4) is 0 Å². The molecule has 0 aromatic heterocycles. The number of hydrogen-bond donors (Lipinski definition) is 2. The van der Waals surface area contributed by atoms with Crippen molar-refractivity contribution in [3.63, 3.8) is 0 Å².